The quantitative estimate of drug-likeness (QED) is 0.471. The van der Waals surface area contributed by atoms with E-state index in [-0.39, 0.29) is 5.78 Å². The van der Waals surface area contributed by atoms with Crippen molar-refractivity contribution in [3.8, 4) is 23.7 Å². The van der Waals surface area contributed by atoms with Gasteiger partial charge in [0.15, 0.2) is 5.78 Å². The van der Waals surface area contributed by atoms with Gasteiger partial charge in [-0.25, -0.2) is 0 Å². The molecule has 1 rings (SSSR count). The van der Waals surface area contributed by atoms with Gasteiger partial charge in [-0.15, -0.1) is 0 Å². The summed E-state index contributed by atoms with van der Waals surface area (Å²) in [4.78, 5) is 11.9. The number of hydrogen-bond acceptors (Lipinski definition) is 2. The lowest BCUT2D eigenvalue weighted by Gasteiger charge is -2.19. The lowest BCUT2D eigenvalue weighted by Crippen LogP contribution is -2.24. The molecule has 0 spiro atoms. The second-order valence-electron chi connectivity index (χ2n) is 5.68. The average Bonchev–Trinajstić information content (AvgIpc) is 2.50. The van der Waals surface area contributed by atoms with Gasteiger partial charge in [0.05, 0.1) is 0 Å². The number of Topliss-reactive ketones (excluding diaryl/α,β-unsaturated/α-hetero) is 1. The third-order valence-corrected chi connectivity index (χ3v) is 3.01. The van der Waals surface area contributed by atoms with Crippen LogP contribution in [0.25, 0.3) is 0 Å². The van der Waals surface area contributed by atoms with Gasteiger partial charge in [-0.05, 0) is 24.6 Å². The van der Waals surface area contributed by atoms with Gasteiger partial charge < -0.3 is 4.74 Å². The van der Waals surface area contributed by atoms with Crippen LogP contribution in [0.5, 0.6) is 0 Å². The summed E-state index contributed by atoms with van der Waals surface area (Å²) < 4.78 is 5.33. The van der Waals surface area contributed by atoms with E-state index in [9.17, 15) is 4.79 Å². The summed E-state index contributed by atoms with van der Waals surface area (Å²) in [6.45, 7) is 9.84. The third-order valence-electron chi connectivity index (χ3n) is 3.01. The Kier molecular flexibility index (Phi) is 7.17. The summed E-state index contributed by atoms with van der Waals surface area (Å²) in [5.41, 5.74) is 1.04. The number of benzene rings is 1. The smallest absolute Gasteiger partial charge is 0.164 e. The van der Waals surface area contributed by atoms with Crippen molar-refractivity contribution in [2.75, 3.05) is 13.2 Å². The Balaban J connectivity index is 2.30. The Hall–Kier alpha value is -2.29. The molecule has 0 aromatic heterocycles. The van der Waals surface area contributed by atoms with E-state index in [1.165, 1.54) is 0 Å². The predicted octanol–water partition coefficient (Wildman–Crippen LogP) is 3.62. The van der Waals surface area contributed by atoms with E-state index in [4.69, 9.17) is 4.74 Å². The molecule has 114 valence electrons. The number of ketones is 1. The number of hydrogen-bond donors (Lipinski definition) is 0. The normalized spacial score (nSPS) is 9.95. The minimum absolute atomic E-state index is 0.0523. The highest BCUT2D eigenvalue weighted by Gasteiger charge is 2.26. The summed E-state index contributed by atoms with van der Waals surface area (Å²) in [6.07, 6.45) is 0.498. The maximum atomic E-state index is 11.9. The van der Waals surface area contributed by atoms with Crippen LogP contribution >= 0.6 is 0 Å². The van der Waals surface area contributed by atoms with E-state index in [2.05, 4.69) is 30.3 Å². The summed E-state index contributed by atoms with van der Waals surface area (Å²) in [5, 5.41) is 0. The number of allylic oxidation sites excluding steroid dienone is 1. The van der Waals surface area contributed by atoms with Gasteiger partial charge in [-0.1, -0.05) is 62.3 Å². The molecule has 0 aliphatic heterocycles. The zero-order valence-corrected chi connectivity index (χ0v) is 13.5. The van der Waals surface area contributed by atoms with Crippen molar-refractivity contribution in [2.24, 2.45) is 5.41 Å². The van der Waals surface area contributed by atoms with Gasteiger partial charge >= 0.3 is 0 Å². The van der Waals surface area contributed by atoms with Crippen molar-refractivity contribution >= 4 is 5.78 Å². The fourth-order valence-corrected chi connectivity index (χ4v) is 1.81. The maximum Gasteiger partial charge on any atom is 0.164 e. The first kappa shape index (κ1) is 17.8. The summed E-state index contributed by atoms with van der Waals surface area (Å²) >= 11 is 0. The molecule has 0 saturated carbocycles. The molecule has 0 amide bonds. The summed E-state index contributed by atoms with van der Waals surface area (Å²) in [5.74, 6) is 11.9. The van der Waals surface area contributed by atoms with Crippen molar-refractivity contribution in [3.63, 3.8) is 0 Å². The van der Waals surface area contributed by atoms with Crippen LogP contribution in [0.3, 0.4) is 0 Å². The number of carbonyl (C=O) groups excluding carboxylic acids is 1. The fourth-order valence-electron chi connectivity index (χ4n) is 1.81. The molecule has 2 heteroatoms. The molecular formula is C20H22O2. The molecule has 0 aliphatic rings. The fraction of sp³-hybridized carbons (Fsp3) is 0.350. The predicted molar refractivity (Wildman–Crippen MR) is 90.1 cm³/mol. The van der Waals surface area contributed by atoms with E-state index >= 15 is 0 Å². The van der Waals surface area contributed by atoms with Crippen molar-refractivity contribution < 1.29 is 9.53 Å². The molecule has 0 radical (unpaired) electrons. The van der Waals surface area contributed by atoms with Crippen molar-refractivity contribution in [2.45, 2.75) is 27.2 Å². The summed E-state index contributed by atoms with van der Waals surface area (Å²) in [7, 11) is 0. The Morgan fingerprint density at radius 1 is 1.14 bits per heavy atom. The second kappa shape index (κ2) is 8.88. The lowest BCUT2D eigenvalue weighted by atomic mass is 9.82. The van der Waals surface area contributed by atoms with E-state index in [1.807, 2.05) is 44.2 Å². The van der Waals surface area contributed by atoms with Gasteiger partial charge in [-0.2, -0.15) is 0 Å². The molecule has 0 N–H and O–H groups in total. The molecule has 0 fully saturated rings. The monoisotopic (exact) mass is 294 g/mol. The van der Waals surface area contributed by atoms with Gasteiger partial charge in [-0.3, -0.25) is 4.79 Å². The molecule has 2 nitrogen and oxygen atoms in total. The highest BCUT2D eigenvalue weighted by atomic mass is 16.5. The van der Waals surface area contributed by atoms with Crippen LogP contribution in [-0.4, -0.2) is 19.0 Å². The highest BCUT2D eigenvalue weighted by molar-refractivity contribution is 5.98. The topological polar surface area (TPSA) is 26.3 Å². The van der Waals surface area contributed by atoms with E-state index < -0.39 is 5.41 Å². The zero-order valence-electron chi connectivity index (χ0n) is 13.5. The third kappa shape index (κ3) is 6.44. The molecule has 0 saturated heterocycles. The molecule has 0 unspecified atom stereocenters. The Morgan fingerprint density at radius 3 is 2.41 bits per heavy atom. The van der Waals surface area contributed by atoms with Crippen LogP contribution < -0.4 is 0 Å². The Bertz CT molecular complexity index is 631. The van der Waals surface area contributed by atoms with Crippen LogP contribution in [0.1, 0.15) is 32.8 Å². The highest BCUT2D eigenvalue weighted by Crippen LogP contribution is 2.23. The SMILES string of the molecule is C=C(C)C(=O)C(C)(C)CC#CCOCC#Cc1ccccc1. The zero-order chi connectivity index (χ0) is 16.4. The summed E-state index contributed by atoms with van der Waals surface area (Å²) in [6, 6.07) is 9.76. The molecule has 0 bridgehead atoms. The molecule has 1 aromatic carbocycles. The standard InChI is InChI=1S/C20H22O2/c1-17(2)19(21)20(3,4)14-8-9-15-22-16-10-13-18-11-6-5-7-12-18/h5-7,11-12H,1,14-16H2,2-4H3. The first-order valence-corrected chi connectivity index (χ1v) is 7.21. The van der Waals surface area contributed by atoms with Crippen LogP contribution in [0.4, 0.5) is 0 Å². The molecule has 1 aromatic rings. The van der Waals surface area contributed by atoms with Crippen molar-refractivity contribution in [3.05, 3.63) is 48.0 Å². The molecule has 0 heterocycles. The number of carbonyl (C=O) groups is 1. The van der Waals surface area contributed by atoms with Crippen LogP contribution in [0.2, 0.25) is 0 Å². The molecule has 0 aliphatic carbocycles. The molecule has 22 heavy (non-hydrogen) atoms. The Morgan fingerprint density at radius 2 is 1.77 bits per heavy atom. The van der Waals surface area contributed by atoms with Crippen molar-refractivity contribution in [1.29, 1.82) is 0 Å². The largest absolute Gasteiger partial charge is 0.356 e. The van der Waals surface area contributed by atoms with Gasteiger partial charge in [0.1, 0.15) is 13.2 Å². The lowest BCUT2D eigenvalue weighted by molar-refractivity contribution is -0.122. The van der Waals surface area contributed by atoms with Gasteiger partial charge in [0.25, 0.3) is 0 Å². The number of ether oxygens (including phenoxy) is 1. The molecular weight excluding hydrogens is 272 g/mol. The van der Waals surface area contributed by atoms with Gasteiger partial charge in [0, 0.05) is 17.4 Å². The van der Waals surface area contributed by atoms with E-state index in [0.29, 0.717) is 25.2 Å². The van der Waals surface area contributed by atoms with E-state index in [1.54, 1.807) is 6.92 Å². The second-order valence-corrected chi connectivity index (χ2v) is 5.68. The average molecular weight is 294 g/mol. The van der Waals surface area contributed by atoms with Gasteiger partial charge in [0.2, 0.25) is 0 Å². The van der Waals surface area contributed by atoms with Crippen LogP contribution in [0, 0.1) is 29.1 Å². The molecule has 0 atom stereocenters. The minimum atomic E-state index is -0.494. The number of rotatable bonds is 5. The van der Waals surface area contributed by atoms with Crippen LogP contribution in [-0.2, 0) is 9.53 Å². The first-order chi connectivity index (χ1) is 10.4. The Labute approximate surface area is 133 Å². The van der Waals surface area contributed by atoms with Crippen molar-refractivity contribution in [1.82, 2.24) is 0 Å². The van der Waals surface area contributed by atoms with E-state index in [0.717, 1.165) is 5.56 Å². The van der Waals surface area contributed by atoms with Crippen LogP contribution in [0.15, 0.2) is 42.5 Å². The minimum Gasteiger partial charge on any atom is -0.356 e. The first-order valence-electron chi connectivity index (χ1n) is 7.21. The maximum absolute atomic E-state index is 11.9.